The van der Waals surface area contributed by atoms with E-state index in [0.29, 0.717) is 36.1 Å². The van der Waals surface area contributed by atoms with Gasteiger partial charge in [0, 0.05) is 19.3 Å². The molecular weight excluding hydrogens is 420 g/mol. The fraction of sp³-hybridized carbons (Fsp3) is 0.579. The molecule has 29 heavy (non-hydrogen) atoms. The van der Waals surface area contributed by atoms with Crippen LogP contribution in [0.5, 0.6) is 0 Å². The lowest BCUT2D eigenvalue weighted by atomic mass is 10.1. The zero-order valence-electron chi connectivity index (χ0n) is 16.2. The Bertz CT molecular complexity index is 1010. The molecule has 1 saturated carbocycles. The van der Waals surface area contributed by atoms with Crippen molar-refractivity contribution in [2.45, 2.75) is 44.9 Å². The number of nitrogens with zero attached hydrogens (tertiary/aromatic N) is 5. The number of anilines is 1. The van der Waals surface area contributed by atoms with E-state index in [4.69, 9.17) is 27.9 Å². The Morgan fingerprint density at radius 3 is 2.48 bits per heavy atom. The number of amides is 1. The number of pyridine rings is 1. The van der Waals surface area contributed by atoms with E-state index in [1.807, 2.05) is 30.6 Å². The Morgan fingerprint density at radius 1 is 1.21 bits per heavy atom. The van der Waals surface area contributed by atoms with E-state index in [2.05, 4.69) is 15.0 Å². The molecule has 0 N–H and O–H groups in total. The topological polar surface area (TPSA) is 71.5 Å². The standard InChI is InChI=1S/C19H20Cl2FN5O2/c1-19(2,3)29-18(28)27-11-6-26(7-12(27)9-4-8(9)11)16-10-5-23-15(20)13(22)14(10)24-17(21)25-16/h5,8-9,11-12H,4,6-7H2,1-3H3. The lowest BCUT2D eigenvalue weighted by Gasteiger charge is -2.44. The lowest BCUT2D eigenvalue weighted by Crippen LogP contribution is -2.59. The van der Waals surface area contributed by atoms with Gasteiger partial charge in [-0.05, 0) is 50.6 Å². The van der Waals surface area contributed by atoms with E-state index >= 15 is 0 Å². The summed E-state index contributed by atoms with van der Waals surface area (Å²) >= 11 is 11.9. The predicted molar refractivity (Wildman–Crippen MR) is 107 cm³/mol. The second kappa shape index (κ2) is 6.28. The maximum Gasteiger partial charge on any atom is 0.410 e. The van der Waals surface area contributed by atoms with E-state index < -0.39 is 11.4 Å². The molecule has 2 aliphatic heterocycles. The third-order valence-corrected chi connectivity index (χ3v) is 6.34. The average molecular weight is 440 g/mol. The zero-order chi connectivity index (χ0) is 20.7. The lowest BCUT2D eigenvalue weighted by molar-refractivity contribution is 0.00677. The number of carbonyl (C=O) groups is 1. The number of rotatable bonds is 1. The van der Waals surface area contributed by atoms with Crippen LogP contribution in [0.25, 0.3) is 10.9 Å². The number of fused-ring (bicyclic) bond motifs is 6. The molecule has 154 valence electrons. The fourth-order valence-corrected chi connectivity index (χ4v) is 5.05. The highest BCUT2D eigenvalue weighted by Crippen LogP contribution is 2.56. The van der Waals surface area contributed by atoms with E-state index in [0.717, 1.165) is 6.42 Å². The summed E-state index contributed by atoms with van der Waals surface area (Å²) in [6.45, 7) is 6.75. The van der Waals surface area contributed by atoms with Crippen LogP contribution in [0.3, 0.4) is 0 Å². The molecule has 0 spiro atoms. The number of piperazine rings is 1. The maximum atomic E-state index is 14.5. The van der Waals surface area contributed by atoms with Crippen LogP contribution in [0.4, 0.5) is 15.0 Å². The summed E-state index contributed by atoms with van der Waals surface area (Å²) in [6.07, 6.45) is 2.32. The number of carbonyl (C=O) groups excluding carboxylic acids is 1. The Balaban J connectivity index is 1.49. The molecule has 5 rings (SSSR count). The van der Waals surface area contributed by atoms with Gasteiger partial charge in [0.25, 0.3) is 0 Å². The van der Waals surface area contributed by atoms with Crippen molar-refractivity contribution >= 4 is 46.0 Å². The minimum atomic E-state index is -0.715. The number of ether oxygens (including phenoxy) is 1. The van der Waals surface area contributed by atoms with Crippen molar-refractivity contribution < 1.29 is 13.9 Å². The molecule has 2 bridgehead atoms. The van der Waals surface area contributed by atoms with Crippen molar-refractivity contribution in [3.63, 3.8) is 0 Å². The van der Waals surface area contributed by atoms with Crippen LogP contribution in [0.15, 0.2) is 6.20 Å². The first-order valence-electron chi connectivity index (χ1n) is 9.57. The minimum absolute atomic E-state index is 0.0301. The molecule has 1 aliphatic carbocycles. The molecule has 0 radical (unpaired) electrons. The first-order chi connectivity index (χ1) is 13.6. The molecule has 2 aromatic heterocycles. The monoisotopic (exact) mass is 439 g/mol. The highest BCUT2D eigenvalue weighted by atomic mass is 35.5. The Hall–Kier alpha value is -1.93. The van der Waals surface area contributed by atoms with Crippen LogP contribution >= 0.6 is 23.2 Å². The maximum absolute atomic E-state index is 14.5. The molecular formula is C19H20Cl2FN5O2. The van der Waals surface area contributed by atoms with Crippen molar-refractivity contribution in [2.75, 3.05) is 18.0 Å². The Kier molecular flexibility index (Phi) is 4.13. The van der Waals surface area contributed by atoms with Gasteiger partial charge in [0.2, 0.25) is 5.28 Å². The number of piperidine rings is 1. The summed E-state index contributed by atoms with van der Waals surface area (Å²) in [7, 11) is 0. The summed E-state index contributed by atoms with van der Waals surface area (Å²) < 4.78 is 20.1. The number of halogens is 3. The predicted octanol–water partition coefficient (Wildman–Crippen LogP) is 3.91. The summed E-state index contributed by atoms with van der Waals surface area (Å²) in [5, 5.41) is 0.144. The molecule has 2 saturated heterocycles. The first-order valence-corrected chi connectivity index (χ1v) is 10.3. The van der Waals surface area contributed by atoms with Gasteiger partial charge < -0.3 is 9.64 Å². The van der Waals surface area contributed by atoms with Crippen molar-refractivity contribution in [3.8, 4) is 0 Å². The Morgan fingerprint density at radius 2 is 1.86 bits per heavy atom. The van der Waals surface area contributed by atoms with Crippen LogP contribution in [0, 0.1) is 17.7 Å². The van der Waals surface area contributed by atoms with Crippen LogP contribution < -0.4 is 4.90 Å². The molecule has 2 aromatic rings. The third kappa shape index (κ3) is 3.08. The second-order valence-corrected chi connectivity index (χ2v) is 9.63. The quantitative estimate of drug-likeness (QED) is 0.495. The van der Waals surface area contributed by atoms with Crippen molar-refractivity contribution in [2.24, 2.45) is 11.8 Å². The Labute approximate surface area is 177 Å². The van der Waals surface area contributed by atoms with E-state index in [-0.39, 0.29) is 34.1 Å². The van der Waals surface area contributed by atoms with Crippen LogP contribution in [-0.4, -0.2) is 56.7 Å². The normalized spacial score (nSPS) is 27.9. The summed E-state index contributed by atoms with van der Waals surface area (Å²) in [6, 6.07) is 0.0602. The molecule has 4 atom stereocenters. The van der Waals surface area contributed by atoms with Crippen molar-refractivity contribution in [3.05, 3.63) is 22.5 Å². The molecule has 1 amide bonds. The van der Waals surface area contributed by atoms with Crippen LogP contribution in [0.1, 0.15) is 27.2 Å². The van der Waals surface area contributed by atoms with E-state index in [9.17, 15) is 9.18 Å². The number of aromatic nitrogens is 3. The van der Waals surface area contributed by atoms with Gasteiger partial charge in [0.1, 0.15) is 16.9 Å². The molecule has 0 aromatic carbocycles. The van der Waals surface area contributed by atoms with Crippen molar-refractivity contribution in [1.29, 1.82) is 0 Å². The average Bonchev–Trinajstić information content (AvgIpc) is 3.39. The fourth-order valence-electron chi connectivity index (χ4n) is 4.74. The smallest absolute Gasteiger partial charge is 0.410 e. The van der Waals surface area contributed by atoms with Gasteiger partial charge in [0.15, 0.2) is 11.0 Å². The third-order valence-electron chi connectivity index (χ3n) is 5.91. The van der Waals surface area contributed by atoms with Crippen LogP contribution in [-0.2, 0) is 4.74 Å². The van der Waals surface area contributed by atoms with Gasteiger partial charge in [-0.15, -0.1) is 0 Å². The van der Waals surface area contributed by atoms with E-state index in [1.165, 1.54) is 6.20 Å². The summed E-state index contributed by atoms with van der Waals surface area (Å²) in [5.41, 5.74) is -0.497. The molecule has 10 heteroatoms. The van der Waals surface area contributed by atoms with Gasteiger partial charge >= 0.3 is 6.09 Å². The number of hydrogen-bond acceptors (Lipinski definition) is 6. The minimum Gasteiger partial charge on any atom is -0.444 e. The van der Waals surface area contributed by atoms with Gasteiger partial charge in [-0.1, -0.05) is 11.6 Å². The molecule has 4 unspecified atom stereocenters. The SMILES string of the molecule is CC(C)(C)OC(=O)N1C2CN(c3nc(Cl)nc4c(F)c(Cl)ncc34)CC1C1CC12. The molecule has 4 heterocycles. The van der Waals surface area contributed by atoms with Crippen molar-refractivity contribution in [1.82, 2.24) is 19.9 Å². The highest BCUT2D eigenvalue weighted by Gasteiger charge is 2.63. The number of hydrogen-bond donors (Lipinski definition) is 0. The van der Waals surface area contributed by atoms with Gasteiger partial charge in [-0.2, -0.15) is 4.98 Å². The largest absolute Gasteiger partial charge is 0.444 e. The zero-order valence-corrected chi connectivity index (χ0v) is 17.7. The van der Waals surface area contributed by atoms with E-state index in [1.54, 1.807) is 0 Å². The van der Waals surface area contributed by atoms with Gasteiger partial charge in [-0.3, -0.25) is 4.90 Å². The summed E-state index contributed by atoms with van der Waals surface area (Å²) in [5.74, 6) is 0.729. The summed E-state index contributed by atoms with van der Waals surface area (Å²) in [4.78, 5) is 29.0. The molecule has 3 fully saturated rings. The highest BCUT2D eigenvalue weighted by molar-refractivity contribution is 6.30. The second-order valence-electron chi connectivity index (χ2n) is 8.93. The van der Waals surface area contributed by atoms with Gasteiger partial charge in [-0.25, -0.2) is 19.2 Å². The molecule has 7 nitrogen and oxygen atoms in total. The van der Waals surface area contributed by atoms with Gasteiger partial charge in [0.05, 0.1) is 17.5 Å². The molecule has 3 aliphatic rings. The van der Waals surface area contributed by atoms with Crippen LogP contribution in [0.2, 0.25) is 10.4 Å². The first kappa shape index (κ1) is 19.1.